The maximum Gasteiger partial charge on any atom is 0.224 e. The molecule has 6 heteroatoms. The summed E-state index contributed by atoms with van der Waals surface area (Å²) in [6.07, 6.45) is 1.15. The Kier molecular flexibility index (Phi) is 7.36. The zero-order valence-electron chi connectivity index (χ0n) is 11.7. The number of likely N-dealkylation sites (N-methyl/N-ethyl adjacent to an activating group) is 1. The Morgan fingerprint density at radius 1 is 1.45 bits per heavy atom. The summed E-state index contributed by atoms with van der Waals surface area (Å²) >= 11 is 5.86. The standard InChI is InChI=1S/C14H22ClN3O2/c1-2-18(8-9-19)7-3-4-14(20)17-13-10-11(15)5-6-12(13)16/h5-6,10,19H,2-4,7-9,16H2,1H3,(H,17,20). The molecule has 0 saturated heterocycles. The highest BCUT2D eigenvalue weighted by atomic mass is 35.5. The second kappa shape index (κ2) is 8.79. The van der Waals surface area contributed by atoms with Gasteiger partial charge in [0, 0.05) is 18.0 Å². The summed E-state index contributed by atoms with van der Waals surface area (Å²) in [5, 5.41) is 12.2. The molecule has 1 aromatic carbocycles. The molecule has 0 saturated carbocycles. The van der Waals surface area contributed by atoms with Crippen LogP contribution in [-0.2, 0) is 4.79 Å². The lowest BCUT2D eigenvalue weighted by molar-refractivity contribution is -0.116. The first-order chi connectivity index (χ1) is 9.56. The molecule has 0 radical (unpaired) electrons. The average molecular weight is 300 g/mol. The number of aliphatic hydroxyl groups excluding tert-OH is 1. The normalized spacial score (nSPS) is 10.8. The summed E-state index contributed by atoms with van der Waals surface area (Å²) in [6.45, 7) is 4.46. The Hall–Kier alpha value is -1.30. The minimum absolute atomic E-state index is 0.0842. The van der Waals surface area contributed by atoms with E-state index in [0.717, 1.165) is 19.5 Å². The van der Waals surface area contributed by atoms with Crippen LogP contribution in [0.5, 0.6) is 0 Å². The molecule has 0 aliphatic heterocycles. The van der Waals surface area contributed by atoms with Crippen LogP contribution in [0.3, 0.4) is 0 Å². The van der Waals surface area contributed by atoms with E-state index in [4.69, 9.17) is 22.4 Å². The highest BCUT2D eigenvalue weighted by molar-refractivity contribution is 6.31. The Labute approximate surface area is 124 Å². The van der Waals surface area contributed by atoms with Crippen LogP contribution < -0.4 is 11.1 Å². The molecular weight excluding hydrogens is 278 g/mol. The predicted molar refractivity (Wildman–Crippen MR) is 82.9 cm³/mol. The van der Waals surface area contributed by atoms with Crippen molar-refractivity contribution in [3.05, 3.63) is 23.2 Å². The summed E-state index contributed by atoms with van der Waals surface area (Å²) < 4.78 is 0. The predicted octanol–water partition coefficient (Wildman–Crippen LogP) is 1.96. The van der Waals surface area contributed by atoms with Gasteiger partial charge in [-0.05, 0) is 37.7 Å². The van der Waals surface area contributed by atoms with Crippen LogP contribution in [0.4, 0.5) is 11.4 Å². The van der Waals surface area contributed by atoms with Crippen molar-refractivity contribution in [2.45, 2.75) is 19.8 Å². The number of nitrogens with one attached hydrogen (secondary N) is 1. The summed E-state index contributed by atoms with van der Waals surface area (Å²) in [5.74, 6) is -0.0842. The average Bonchev–Trinajstić information content (AvgIpc) is 2.42. The molecule has 20 heavy (non-hydrogen) atoms. The van der Waals surface area contributed by atoms with Gasteiger partial charge in [0.15, 0.2) is 0 Å². The lowest BCUT2D eigenvalue weighted by atomic mass is 10.2. The van der Waals surface area contributed by atoms with Crippen molar-refractivity contribution in [2.75, 3.05) is 37.3 Å². The molecular formula is C14H22ClN3O2. The van der Waals surface area contributed by atoms with Crippen LogP contribution >= 0.6 is 11.6 Å². The van der Waals surface area contributed by atoms with Gasteiger partial charge in [-0.1, -0.05) is 18.5 Å². The van der Waals surface area contributed by atoms with Crippen LogP contribution in [0.15, 0.2) is 18.2 Å². The van der Waals surface area contributed by atoms with Gasteiger partial charge in [0.25, 0.3) is 0 Å². The summed E-state index contributed by atoms with van der Waals surface area (Å²) in [6, 6.07) is 4.98. The number of carbonyl (C=O) groups is 1. The van der Waals surface area contributed by atoms with Gasteiger partial charge in [0.1, 0.15) is 0 Å². The zero-order chi connectivity index (χ0) is 15.0. The van der Waals surface area contributed by atoms with Crippen LogP contribution in [0, 0.1) is 0 Å². The number of hydrogen-bond acceptors (Lipinski definition) is 4. The first kappa shape index (κ1) is 16.8. The smallest absolute Gasteiger partial charge is 0.224 e. The number of amides is 1. The first-order valence-electron chi connectivity index (χ1n) is 6.75. The highest BCUT2D eigenvalue weighted by Gasteiger charge is 2.07. The van der Waals surface area contributed by atoms with Crippen molar-refractivity contribution in [2.24, 2.45) is 0 Å². The number of rotatable bonds is 8. The number of aliphatic hydroxyl groups is 1. The van der Waals surface area contributed by atoms with Crippen LogP contribution in [0.1, 0.15) is 19.8 Å². The number of anilines is 2. The molecule has 5 nitrogen and oxygen atoms in total. The SMILES string of the molecule is CCN(CCO)CCCC(=O)Nc1cc(Cl)ccc1N. The molecule has 0 atom stereocenters. The fraction of sp³-hybridized carbons (Fsp3) is 0.500. The molecule has 4 N–H and O–H groups in total. The molecule has 0 aromatic heterocycles. The molecule has 0 spiro atoms. The molecule has 0 unspecified atom stereocenters. The summed E-state index contributed by atoms with van der Waals surface area (Å²) in [5.41, 5.74) is 6.81. The van der Waals surface area contributed by atoms with E-state index in [9.17, 15) is 4.79 Å². The minimum Gasteiger partial charge on any atom is -0.397 e. The topological polar surface area (TPSA) is 78.6 Å². The van der Waals surface area contributed by atoms with Crippen molar-refractivity contribution < 1.29 is 9.90 Å². The number of benzene rings is 1. The Morgan fingerprint density at radius 2 is 2.20 bits per heavy atom. The van der Waals surface area contributed by atoms with Crippen molar-refractivity contribution in [1.29, 1.82) is 0 Å². The minimum atomic E-state index is -0.0842. The maximum atomic E-state index is 11.8. The molecule has 1 amide bonds. The van der Waals surface area contributed by atoms with Gasteiger partial charge in [-0.25, -0.2) is 0 Å². The van der Waals surface area contributed by atoms with E-state index in [1.807, 2.05) is 6.92 Å². The number of hydrogen-bond donors (Lipinski definition) is 3. The van der Waals surface area contributed by atoms with E-state index in [1.165, 1.54) is 0 Å². The number of nitrogens with zero attached hydrogens (tertiary/aromatic N) is 1. The number of nitrogen functional groups attached to an aromatic ring is 1. The molecule has 1 aromatic rings. The van der Waals surface area contributed by atoms with Gasteiger partial charge in [-0.3, -0.25) is 4.79 Å². The van der Waals surface area contributed by atoms with E-state index >= 15 is 0 Å². The highest BCUT2D eigenvalue weighted by Crippen LogP contribution is 2.23. The fourth-order valence-electron chi connectivity index (χ4n) is 1.88. The molecule has 112 valence electrons. The molecule has 1 rings (SSSR count). The van der Waals surface area contributed by atoms with Gasteiger partial charge >= 0.3 is 0 Å². The van der Waals surface area contributed by atoms with E-state index in [1.54, 1.807) is 18.2 Å². The van der Waals surface area contributed by atoms with E-state index in [2.05, 4.69) is 10.2 Å². The molecule has 0 aliphatic rings. The monoisotopic (exact) mass is 299 g/mol. The Morgan fingerprint density at radius 3 is 2.85 bits per heavy atom. The van der Waals surface area contributed by atoms with Crippen LogP contribution in [-0.4, -0.2) is 42.2 Å². The zero-order valence-corrected chi connectivity index (χ0v) is 12.5. The van der Waals surface area contributed by atoms with Crippen molar-refractivity contribution in [3.63, 3.8) is 0 Å². The third kappa shape index (κ3) is 5.77. The van der Waals surface area contributed by atoms with Crippen LogP contribution in [0.25, 0.3) is 0 Å². The van der Waals surface area contributed by atoms with Gasteiger partial charge in [0.2, 0.25) is 5.91 Å². The third-order valence-electron chi connectivity index (χ3n) is 3.03. The molecule has 0 fully saturated rings. The Balaban J connectivity index is 2.38. The van der Waals surface area contributed by atoms with E-state index in [0.29, 0.717) is 29.4 Å². The molecule has 0 aliphatic carbocycles. The van der Waals surface area contributed by atoms with Gasteiger partial charge in [0.05, 0.1) is 18.0 Å². The fourth-order valence-corrected chi connectivity index (χ4v) is 2.05. The van der Waals surface area contributed by atoms with Crippen molar-refractivity contribution in [1.82, 2.24) is 4.90 Å². The summed E-state index contributed by atoms with van der Waals surface area (Å²) in [7, 11) is 0. The number of nitrogens with two attached hydrogens (primary N) is 1. The molecule has 0 heterocycles. The van der Waals surface area contributed by atoms with E-state index < -0.39 is 0 Å². The first-order valence-corrected chi connectivity index (χ1v) is 7.12. The lowest BCUT2D eigenvalue weighted by Gasteiger charge is -2.18. The van der Waals surface area contributed by atoms with Crippen molar-refractivity contribution >= 4 is 28.9 Å². The number of carbonyl (C=O) groups excluding carboxylic acids is 1. The van der Waals surface area contributed by atoms with Gasteiger partial charge in [-0.2, -0.15) is 0 Å². The van der Waals surface area contributed by atoms with Gasteiger partial charge in [-0.15, -0.1) is 0 Å². The summed E-state index contributed by atoms with van der Waals surface area (Å²) in [4.78, 5) is 13.9. The Bertz CT molecular complexity index is 440. The van der Waals surface area contributed by atoms with Crippen molar-refractivity contribution in [3.8, 4) is 0 Å². The quantitative estimate of drug-likeness (QED) is 0.641. The second-order valence-corrected chi connectivity index (χ2v) is 4.98. The molecule has 0 bridgehead atoms. The lowest BCUT2D eigenvalue weighted by Crippen LogP contribution is -2.28. The van der Waals surface area contributed by atoms with Crippen LogP contribution in [0.2, 0.25) is 5.02 Å². The number of halogens is 1. The maximum absolute atomic E-state index is 11.8. The van der Waals surface area contributed by atoms with Gasteiger partial charge < -0.3 is 21.1 Å². The third-order valence-corrected chi connectivity index (χ3v) is 3.27. The van der Waals surface area contributed by atoms with E-state index in [-0.39, 0.29) is 12.5 Å². The second-order valence-electron chi connectivity index (χ2n) is 4.54. The largest absolute Gasteiger partial charge is 0.397 e.